The first-order valence-electron chi connectivity index (χ1n) is 6.21. The predicted molar refractivity (Wildman–Crippen MR) is 81.0 cm³/mol. The SMILES string of the molecule is COc1cccc(CCNc2cc(Cl)c(F)cc2N)c1. The Kier molecular flexibility index (Phi) is 4.69. The third kappa shape index (κ3) is 3.54. The average Bonchev–Trinajstić information content (AvgIpc) is 2.44. The number of anilines is 2. The highest BCUT2D eigenvalue weighted by molar-refractivity contribution is 6.31. The maximum Gasteiger partial charge on any atom is 0.143 e. The highest BCUT2D eigenvalue weighted by atomic mass is 35.5. The van der Waals surface area contributed by atoms with Gasteiger partial charge in [-0.2, -0.15) is 0 Å². The molecule has 20 heavy (non-hydrogen) atoms. The molecule has 0 bridgehead atoms. The zero-order valence-corrected chi connectivity index (χ0v) is 11.9. The van der Waals surface area contributed by atoms with Crippen molar-refractivity contribution in [3.05, 3.63) is 52.8 Å². The lowest BCUT2D eigenvalue weighted by Gasteiger charge is -2.10. The van der Waals surface area contributed by atoms with Crippen LogP contribution in [0.5, 0.6) is 5.75 Å². The maximum absolute atomic E-state index is 13.2. The van der Waals surface area contributed by atoms with Crippen LogP contribution in [-0.4, -0.2) is 13.7 Å². The first-order chi connectivity index (χ1) is 9.60. The molecular formula is C15H16ClFN2O. The monoisotopic (exact) mass is 294 g/mol. The summed E-state index contributed by atoms with van der Waals surface area (Å²) in [5.74, 6) is 0.314. The number of nitrogens with two attached hydrogens (primary N) is 1. The first kappa shape index (κ1) is 14.5. The molecule has 2 aromatic carbocycles. The predicted octanol–water partition coefficient (Wildman–Crippen LogP) is 3.72. The Morgan fingerprint density at radius 3 is 2.85 bits per heavy atom. The van der Waals surface area contributed by atoms with Gasteiger partial charge in [0, 0.05) is 12.6 Å². The lowest BCUT2D eigenvalue weighted by atomic mass is 10.1. The van der Waals surface area contributed by atoms with Crippen molar-refractivity contribution in [2.45, 2.75) is 6.42 Å². The normalized spacial score (nSPS) is 10.3. The van der Waals surface area contributed by atoms with Crippen LogP contribution in [0.3, 0.4) is 0 Å². The standard InChI is InChI=1S/C15H16ClFN2O/c1-20-11-4-2-3-10(7-11)5-6-19-15-8-12(16)13(17)9-14(15)18/h2-4,7-9,19H,5-6,18H2,1H3. The van der Waals surface area contributed by atoms with Gasteiger partial charge in [0.1, 0.15) is 11.6 Å². The van der Waals surface area contributed by atoms with Crippen molar-refractivity contribution in [2.24, 2.45) is 0 Å². The van der Waals surface area contributed by atoms with E-state index in [9.17, 15) is 4.39 Å². The Morgan fingerprint density at radius 1 is 1.30 bits per heavy atom. The summed E-state index contributed by atoms with van der Waals surface area (Å²) in [5, 5.41) is 3.21. The van der Waals surface area contributed by atoms with E-state index in [4.69, 9.17) is 22.1 Å². The fourth-order valence-electron chi connectivity index (χ4n) is 1.88. The van der Waals surface area contributed by atoms with Crippen molar-refractivity contribution in [1.82, 2.24) is 0 Å². The summed E-state index contributed by atoms with van der Waals surface area (Å²) in [7, 11) is 1.64. The molecule has 5 heteroatoms. The van der Waals surface area contributed by atoms with Gasteiger partial charge in [-0.25, -0.2) is 4.39 Å². The van der Waals surface area contributed by atoms with Gasteiger partial charge in [-0.3, -0.25) is 0 Å². The molecule has 0 aliphatic heterocycles. The molecule has 2 rings (SSSR count). The molecule has 0 saturated heterocycles. The largest absolute Gasteiger partial charge is 0.497 e. The van der Waals surface area contributed by atoms with Crippen LogP contribution in [0.2, 0.25) is 5.02 Å². The van der Waals surface area contributed by atoms with Crippen LogP contribution in [0.4, 0.5) is 15.8 Å². The summed E-state index contributed by atoms with van der Waals surface area (Å²) >= 11 is 5.73. The molecule has 0 aliphatic rings. The van der Waals surface area contributed by atoms with E-state index in [0.29, 0.717) is 17.9 Å². The van der Waals surface area contributed by atoms with Gasteiger partial charge in [-0.1, -0.05) is 23.7 Å². The number of methoxy groups -OCH3 is 1. The number of ether oxygens (including phenoxy) is 1. The van der Waals surface area contributed by atoms with Gasteiger partial charge in [-0.15, -0.1) is 0 Å². The molecule has 0 saturated carbocycles. The molecule has 0 aromatic heterocycles. The van der Waals surface area contributed by atoms with E-state index in [2.05, 4.69) is 5.32 Å². The Morgan fingerprint density at radius 2 is 2.10 bits per heavy atom. The molecule has 3 nitrogen and oxygen atoms in total. The third-order valence-electron chi connectivity index (χ3n) is 2.96. The minimum Gasteiger partial charge on any atom is -0.497 e. The number of nitrogens with one attached hydrogen (secondary N) is 1. The fourth-order valence-corrected chi connectivity index (χ4v) is 2.05. The number of benzene rings is 2. The van der Waals surface area contributed by atoms with Crippen molar-refractivity contribution in [2.75, 3.05) is 24.7 Å². The summed E-state index contributed by atoms with van der Waals surface area (Å²) in [5.41, 5.74) is 7.86. The van der Waals surface area contributed by atoms with Crippen LogP contribution in [0.1, 0.15) is 5.56 Å². The van der Waals surface area contributed by atoms with Gasteiger partial charge < -0.3 is 15.8 Å². The summed E-state index contributed by atoms with van der Waals surface area (Å²) in [6.45, 7) is 0.666. The second kappa shape index (κ2) is 6.48. The molecule has 0 unspecified atom stereocenters. The average molecular weight is 295 g/mol. The number of rotatable bonds is 5. The molecule has 2 aromatic rings. The number of halogens is 2. The van der Waals surface area contributed by atoms with Crippen LogP contribution in [0.15, 0.2) is 36.4 Å². The van der Waals surface area contributed by atoms with E-state index in [1.165, 1.54) is 12.1 Å². The summed E-state index contributed by atoms with van der Waals surface area (Å²) in [4.78, 5) is 0. The van der Waals surface area contributed by atoms with E-state index < -0.39 is 5.82 Å². The van der Waals surface area contributed by atoms with Crippen LogP contribution in [0, 0.1) is 5.82 Å². The molecule has 0 aliphatic carbocycles. The molecule has 0 radical (unpaired) electrons. The van der Waals surface area contributed by atoms with E-state index >= 15 is 0 Å². The van der Waals surface area contributed by atoms with Crippen molar-refractivity contribution in [3.8, 4) is 5.75 Å². The molecule has 0 heterocycles. The van der Waals surface area contributed by atoms with Crippen molar-refractivity contribution >= 4 is 23.0 Å². The van der Waals surface area contributed by atoms with Crippen LogP contribution >= 0.6 is 11.6 Å². The summed E-state index contributed by atoms with van der Waals surface area (Å²) in [6, 6.07) is 10.5. The Balaban J connectivity index is 1.97. The summed E-state index contributed by atoms with van der Waals surface area (Å²) < 4.78 is 18.3. The lowest BCUT2D eigenvalue weighted by molar-refractivity contribution is 0.414. The molecule has 106 valence electrons. The van der Waals surface area contributed by atoms with Gasteiger partial charge in [-0.05, 0) is 30.2 Å². The van der Waals surface area contributed by atoms with Gasteiger partial charge in [0.2, 0.25) is 0 Å². The molecule has 0 fully saturated rings. The van der Waals surface area contributed by atoms with E-state index in [-0.39, 0.29) is 5.02 Å². The molecular weight excluding hydrogens is 279 g/mol. The van der Waals surface area contributed by atoms with E-state index in [1.807, 2.05) is 24.3 Å². The Labute approximate surface area is 122 Å². The van der Waals surface area contributed by atoms with Gasteiger partial charge >= 0.3 is 0 Å². The number of hydrogen-bond acceptors (Lipinski definition) is 3. The molecule has 0 amide bonds. The van der Waals surface area contributed by atoms with Crippen molar-refractivity contribution in [3.63, 3.8) is 0 Å². The summed E-state index contributed by atoms with van der Waals surface area (Å²) in [6.07, 6.45) is 0.797. The first-order valence-corrected chi connectivity index (χ1v) is 6.59. The minimum absolute atomic E-state index is 0.0584. The second-order valence-electron chi connectivity index (χ2n) is 4.38. The molecule has 3 N–H and O–H groups in total. The number of nitrogen functional groups attached to an aromatic ring is 1. The van der Waals surface area contributed by atoms with Crippen molar-refractivity contribution < 1.29 is 9.13 Å². The zero-order valence-electron chi connectivity index (χ0n) is 11.1. The van der Waals surface area contributed by atoms with Crippen LogP contribution in [0.25, 0.3) is 0 Å². The van der Waals surface area contributed by atoms with Gasteiger partial charge in [0.25, 0.3) is 0 Å². The highest BCUT2D eigenvalue weighted by Crippen LogP contribution is 2.26. The fraction of sp³-hybridized carbons (Fsp3) is 0.200. The maximum atomic E-state index is 13.2. The third-order valence-corrected chi connectivity index (χ3v) is 3.25. The number of hydrogen-bond donors (Lipinski definition) is 2. The van der Waals surface area contributed by atoms with Gasteiger partial charge in [0.05, 0.1) is 23.5 Å². The van der Waals surface area contributed by atoms with E-state index in [1.54, 1.807) is 7.11 Å². The smallest absolute Gasteiger partial charge is 0.143 e. The minimum atomic E-state index is -0.512. The molecule has 0 atom stereocenters. The van der Waals surface area contributed by atoms with Crippen molar-refractivity contribution in [1.29, 1.82) is 0 Å². The Bertz CT molecular complexity index is 604. The topological polar surface area (TPSA) is 47.3 Å². The van der Waals surface area contributed by atoms with Crippen LogP contribution in [-0.2, 0) is 6.42 Å². The second-order valence-corrected chi connectivity index (χ2v) is 4.79. The Hall–Kier alpha value is -1.94. The highest BCUT2D eigenvalue weighted by Gasteiger charge is 2.05. The van der Waals surface area contributed by atoms with Gasteiger partial charge in [0.15, 0.2) is 0 Å². The quantitative estimate of drug-likeness (QED) is 0.826. The van der Waals surface area contributed by atoms with Crippen LogP contribution < -0.4 is 15.8 Å². The molecule has 0 spiro atoms. The lowest BCUT2D eigenvalue weighted by Crippen LogP contribution is -2.07. The zero-order chi connectivity index (χ0) is 14.5. The van der Waals surface area contributed by atoms with E-state index in [0.717, 1.165) is 17.7 Å².